The monoisotopic (exact) mass is 546 g/mol. The molecule has 1 fully saturated rings. The predicted molar refractivity (Wildman–Crippen MR) is 141 cm³/mol. The second-order valence-electron chi connectivity index (χ2n) is 8.44. The number of carbonyl (C=O) groups excluding carboxylic acids is 1. The van der Waals surface area contributed by atoms with Crippen molar-refractivity contribution in [3.8, 4) is 0 Å². The third kappa shape index (κ3) is 4.99. The summed E-state index contributed by atoms with van der Waals surface area (Å²) in [6, 6.07) is 12.9. The minimum atomic E-state index is -3.61. The highest BCUT2D eigenvalue weighted by molar-refractivity contribution is 7.91. The number of nitrogens with zero attached hydrogens (tertiary/aromatic N) is 4. The van der Waals surface area contributed by atoms with E-state index in [0.29, 0.717) is 28.9 Å². The molecule has 3 aromatic heterocycles. The van der Waals surface area contributed by atoms with Gasteiger partial charge in [-0.3, -0.25) is 14.7 Å². The first kappa shape index (κ1) is 24.3. The molecule has 0 N–H and O–H groups in total. The zero-order valence-corrected chi connectivity index (χ0v) is 22.1. The van der Waals surface area contributed by atoms with Crippen LogP contribution in [0.1, 0.15) is 24.0 Å². The summed E-state index contributed by atoms with van der Waals surface area (Å²) in [5.74, 6) is -0.333. The molecule has 4 heterocycles. The molecule has 1 aliphatic heterocycles. The Kier molecular flexibility index (Phi) is 6.91. The second kappa shape index (κ2) is 9.94. The van der Waals surface area contributed by atoms with Gasteiger partial charge in [-0.2, -0.15) is 4.31 Å². The molecule has 0 bridgehead atoms. The van der Waals surface area contributed by atoms with Crippen molar-refractivity contribution in [3.63, 3.8) is 0 Å². The molecule has 0 aliphatic carbocycles. The number of sulfonamides is 1. The molecule has 1 amide bonds. The van der Waals surface area contributed by atoms with Gasteiger partial charge in [0.1, 0.15) is 4.21 Å². The minimum Gasteiger partial charge on any atom is -0.283 e. The number of amides is 1. The second-order valence-corrected chi connectivity index (χ2v) is 13.3. The topological polar surface area (TPSA) is 83.5 Å². The number of benzene rings is 1. The fourth-order valence-electron chi connectivity index (χ4n) is 4.23. The molecule has 5 rings (SSSR count). The lowest BCUT2D eigenvalue weighted by Crippen LogP contribution is -2.44. The summed E-state index contributed by atoms with van der Waals surface area (Å²) in [7, 11) is -3.61. The van der Waals surface area contributed by atoms with Gasteiger partial charge in [0.25, 0.3) is 10.0 Å². The molecule has 11 heteroatoms. The summed E-state index contributed by atoms with van der Waals surface area (Å²) in [5, 5.41) is 0.645. The summed E-state index contributed by atoms with van der Waals surface area (Å²) in [4.78, 5) is 24.5. The Balaban J connectivity index is 1.38. The molecule has 1 aromatic carbocycles. The van der Waals surface area contributed by atoms with Gasteiger partial charge in [0.05, 0.1) is 21.1 Å². The van der Waals surface area contributed by atoms with E-state index in [9.17, 15) is 13.2 Å². The molecule has 1 aliphatic rings. The van der Waals surface area contributed by atoms with Crippen molar-refractivity contribution in [3.05, 3.63) is 70.3 Å². The van der Waals surface area contributed by atoms with Crippen molar-refractivity contribution in [1.82, 2.24) is 14.3 Å². The van der Waals surface area contributed by atoms with Crippen LogP contribution >= 0.6 is 34.3 Å². The lowest BCUT2D eigenvalue weighted by molar-refractivity contribution is -0.123. The first-order valence-electron chi connectivity index (χ1n) is 11.1. The van der Waals surface area contributed by atoms with Crippen LogP contribution in [0.15, 0.2) is 59.1 Å². The van der Waals surface area contributed by atoms with Crippen LogP contribution in [0.4, 0.5) is 5.13 Å². The number of thiazole rings is 1. The first-order chi connectivity index (χ1) is 16.8. The summed E-state index contributed by atoms with van der Waals surface area (Å²) < 4.78 is 29.1. The first-order valence-corrected chi connectivity index (χ1v) is 14.6. The van der Waals surface area contributed by atoms with E-state index < -0.39 is 10.0 Å². The number of carbonyl (C=O) groups is 1. The maximum atomic E-state index is 13.8. The van der Waals surface area contributed by atoms with Crippen LogP contribution in [-0.4, -0.2) is 41.7 Å². The number of pyridine rings is 1. The smallest absolute Gasteiger partial charge is 0.252 e. The van der Waals surface area contributed by atoms with E-state index in [4.69, 9.17) is 16.6 Å². The van der Waals surface area contributed by atoms with E-state index in [1.54, 1.807) is 23.4 Å². The quantitative estimate of drug-likeness (QED) is 0.325. The summed E-state index contributed by atoms with van der Waals surface area (Å²) in [6.45, 7) is 2.94. The highest BCUT2D eigenvalue weighted by atomic mass is 35.5. The molecule has 0 spiro atoms. The molecule has 4 aromatic rings. The average Bonchev–Trinajstić information content (AvgIpc) is 3.50. The number of halogens is 1. The van der Waals surface area contributed by atoms with E-state index in [2.05, 4.69) is 4.98 Å². The van der Waals surface area contributed by atoms with Crippen LogP contribution in [-0.2, 0) is 21.4 Å². The van der Waals surface area contributed by atoms with Gasteiger partial charge in [-0.1, -0.05) is 41.1 Å². The van der Waals surface area contributed by atoms with Gasteiger partial charge in [-0.05, 0) is 55.2 Å². The van der Waals surface area contributed by atoms with Crippen LogP contribution in [0.3, 0.4) is 0 Å². The zero-order valence-electron chi connectivity index (χ0n) is 18.9. The standard InChI is InChI=1S/C24H23ClN4O3S3/c1-16-4-2-6-19-22(16)27-24(33-19)29(15-17-5-3-11-26-14-17)23(30)18-9-12-28(13-10-18)35(31,32)21-8-7-20(25)34-21/h2-8,11,14,18H,9-10,12-13,15H2,1H3. The van der Waals surface area contributed by atoms with Gasteiger partial charge in [0.15, 0.2) is 5.13 Å². The Hall–Kier alpha value is -2.37. The number of thiophene rings is 1. The Morgan fingerprint density at radius 2 is 1.94 bits per heavy atom. The molecule has 182 valence electrons. The van der Waals surface area contributed by atoms with Crippen LogP contribution in [0, 0.1) is 12.8 Å². The van der Waals surface area contributed by atoms with E-state index in [1.807, 2.05) is 37.3 Å². The van der Waals surface area contributed by atoms with Crippen LogP contribution < -0.4 is 4.90 Å². The third-order valence-corrected chi connectivity index (χ3v) is 10.8. The van der Waals surface area contributed by atoms with Gasteiger partial charge in [0.2, 0.25) is 5.91 Å². The normalized spacial score (nSPS) is 15.5. The molecule has 7 nitrogen and oxygen atoms in total. The molecule has 0 saturated carbocycles. The third-order valence-electron chi connectivity index (χ3n) is 6.12. The van der Waals surface area contributed by atoms with Crippen LogP contribution in [0.25, 0.3) is 10.2 Å². The zero-order chi connectivity index (χ0) is 24.6. The number of anilines is 1. The number of fused-ring (bicyclic) bond motifs is 1. The summed E-state index contributed by atoms with van der Waals surface area (Å²) >= 11 is 8.49. The summed E-state index contributed by atoms with van der Waals surface area (Å²) in [6.07, 6.45) is 4.35. The molecule has 0 radical (unpaired) electrons. The lowest BCUT2D eigenvalue weighted by Gasteiger charge is -2.32. The van der Waals surface area contributed by atoms with E-state index in [1.165, 1.54) is 21.7 Å². The summed E-state index contributed by atoms with van der Waals surface area (Å²) in [5.41, 5.74) is 2.87. The van der Waals surface area contributed by atoms with Gasteiger partial charge >= 0.3 is 0 Å². The largest absolute Gasteiger partial charge is 0.283 e. The SMILES string of the molecule is Cc1cccc2sc(N(Cc3cccnc3)C(=O)C3CCN(S(=O)(=O)c4ccc(Cl)s4)CC3)nc12. The Morgan fingerprint density at radius 3 is 2.60 bits per heavy atom. The highest BCUT2D eigenvalue weighted by Gasteiger charge is 2.35. The number of hydrogen-bond acceptors (Lipinski definition) is 7. The lowest BCUT2D eigenvalue weighted by atomic mass is 9.96. The van der Waals surface area contributed by atoms with Gasteiger partial charge in [-0.15, -0.1) is 11.3 Å². The van der Waals surface area contributed by atoms with Gasteiger partial charge < -0.3 is 0 Å². The molecular weight excluding hydrogens is 524 g/mol. The fraction of sp³-hybridized carbons (Fsp3) is 0.292. The van der Waals surface area contributed by atoms with Crippen molar-refractivity contribution in [2.75, 3.05) is 18.0 Å². The number of aromatic nitrogens is 2. The van der Waals surface area contributed by atoms with Crippen molar-refractivity contribution >= 4 is 65.6 Å². The van der Waals surface area contributed by atoms with Crippen molar-refractivity contribution < 1.29 is 13.2 Å². The maximum Gasteiger partial charge on any atom is 0.252 e. The average molecular weight is 547 g/mol. The number of para-hydroxylation sites is 1. The molecule has 1 saturated heterocycles. The number of aryl methyl sites for hydroxylation is 1. The van der Waals surface area contributed by atoms with Crippen LogP contribution in [0.2, 0.25) is 4.34 Å². The van der Waals surface area contributed by atoms with E-state index in [0.717, 1.165) is 32.7 Å². The molecular formula is C24H23ClN4O3S3. The highest BCUT2D eigenvalue weighted by Crippen LogP contribution is 2.35. The number of piperidine rings is 1. The fourth-order valence-corrected chi connectivity index (χ4v) is 8.39. The Morgan fingerprint density at radius 1 is 1.14 bits per heavy atom. The Labute approximate surface area is 217 Å². The molecule has 0 atom stereocenters. The van der Waals surface area contributed by atoms with Gasteiger partial charge in [0, 0.05) is 31.4 Å². The molecule has 0 unspecified atom stereocenters. The van der Waals surface area contributed by atoms with E-state index in [-0.39, 0.29) is 29.1 Å². The Bertz CT molecular complexity index is 1460. The molecule has 35 heavy (non-hydrogen) atoms. The predicted octanol–water partition coefficient (Wildman–Crippen LogP) is 5.35. The number of rotatable bonds is 6. The van der Waals surface area contributed by atoms with Crippen LogP contribution in [0.5, 0.6) is 0 Å². The minimum absolute atomic E-state index is 0.0400. The van der Waals surface area contributed by atoms with E-state index >= 15 is 0 Å². The van der Waals surface area contributed by atoms with Gasteiger partial charge in [-0.25, -0.2) is 13.4 Å². The maximum absolute atomic E-state index is 13.8. The van der Waals surface area contributed by atoms with Crippen molar-refractivity contribution in [2.45, 2.75) is 30.5 Å². The van der Waals surface area contributed by atoms with Crippen molar-refractivity contribution in [1.29, 1.82) is 0 Å². The number of hydrogen-bond donors (Lipinski definition) is 0. The van der Waals surface area contributed by atoms with Crippen molar-refractivity contribution in [2.24, 2.45) is 5.92 Å².